The van der Waals surface area contributed by atoms with Crippen molar-refractivity contribution in [1.82, 2.24) is 14.5 Å². The fraction of sp³-hybridized carbons (Fsp3) is 0.381. The van der Waals surface area contributed by atoms with Gasteiger partial charge in [0, 0.05) is 26.2 Å². The van der Waals surface area contributed by atoms with Gasteiger partial charge in [0.1, 0.15) is 5.75 Å². The molecule has 0 aliphatic carbocycles. The molecule has 0 bridgehead atoms. The molecule has 2 aromatic rings. The fourth-order valence-corrected chi connectivity index (χ4v) is 3.85. The molecule has 1 amide bonds. The first kappa shape index (κ1) is 22.9. The molecule has 7 nitrogen and oxygen atoms in total. The number of benzene rings is 2. The quantitative estimate of drug-likeness (QED) is 0.710. The first-order valence-corrected chi connectivity index (χ1v) is 10.6. The van der Waals surface area contributed by atoms with E-state index in [1.807, 2.05) is 43.3 Å². The van der Waals surface area contributed by atoms with E-state index in [0.29, 0.717) is 17.7 Å². The third kappa shape index (κ3) is 5.35. The van der Waals surface area contributed by atoms with Crippen LogP contribution < -0.4 is 10.1 Å². The second-order valence-electron chi connectivity index (χ2n) is 7.23. The molecule has 0 heterocycles. The minimum Gasteiger partial charge on any atom is -0.497 e. The van der Waals surface area contributed by atoms with Gasteiger partial charge in [-0.1, -0.05) is 18.2 Å². The Kier molecular flexibility index (Phi) is 7.40. The zero-order chi connectivity index (χ0) is 21.8. The molecule has 1 N–H and O–H groups in total. The third-order valence-corrected chi connectivity index (χ3v) is 6.62. The molecule has 0 saturated heterocycles. The van der Waals surface area contributed by atoms with Gasteiger partial charge in [-0.3, -0.25) is 4.79 Å². The fourth-order valence-electron chi connectivity index (χ4n) is 2.93. The molecule has 0 saturated carbocycles. The first-order chi connectivity index (χ1) is 13.6. The summed E-state index contributed by atoms with van der Waals surface area (Å²) in [6, 6.07) is 12.2. The number of nitrogens with zero attached hydrogens (tertiary/aromatic N) is 2. The Morgan fingerprint density at radius 3 is 2.21 bits per heavy atom. The van der Waals surface area contributed by atoms with Crippen LogP contribution in [0.1, 0.15) is 27.5 Å². The van der Waals surface area contributed by atoms with Crippen molar-refractivity contribution in [3.05, 3.63) is 59.2 Å². The summed E-state index contributed by atoms with van der Waals surface area (Å²) in [6.45, 7) is 2.16. The zero-order valence-electron chi connectivity index (χ0n) is 17.8. The minimum absolute atomic E-state index is 0.0427. The molecular formula is C21H29N3O4S. The number of carbonyl (C=O) groups is 1. The van der Waals surface area contributed by atoms with Crippen LogP contribution in [0.2, 0.25) is 0 Å². The van der Waals surface area contributed by atoms with E-state index in [9.17, 15) is 13.2 Å². The van der Waals surface area contributed by atoms with Crippen LogP contribution in [0.5, 0.6) is 5.75 Å². The average Bonchev–Trinajstić information content (AvgIpc) is 2.68. The zero-order valence-corrected chi connectivity index (χ0v) is 18.6. The highest BCUT2D eigenvalue weighted by atomic mass is 32.2. The first-order valence-electron chi connectivity index (χ1n) is 9.19. The maximum Gasteiger partial charge on any atom is 0.251 e. The Balaban J connectivity index is 2.22. The van der Waals surface area contributed by atoms with E-state index < -0.39 is 10.0 Å². The summed E-state index contributed by atoms with van der Waals surface area (Å²) in [5.74, 6) is 0.462. The van der Waals surface area contributed by atoms with Gasteiger partial charge in [0.15, 0.2) is 0 Å². The lowest BCUT2D eigenvalue weighted by Crippen LogP contribution is -2.35. The SMILES string of the molecule is COc1ccc([C@H](CNC(=O)c2cc(S(=O)(=O)N(C)C)ccc2C)N(C)C)cc1. The second-order valence-corrected chi connectivity index (χ2v) is 9.38. The number of nitrogens with one attached hydrogen (secondary N) is 1. The van der Waals surface area contributed by atoms with Gasteiger partial charge in [-0.15, -0.1) is 0 Å². The Morgan fingerprint density at radius 2 is 1.69 bits per heavy atom. The van der Waals surface area contributed by atoms with Crippen molar-refractivity contribution >= 4 is 15.9 Å². The Hall–Kier alpha value is -2.42. The van der Waals surface area contributed by atoms with E-state index in [1.54, 1.807) is 20.1 Å². The van der Waals surface area contributed by atoms with E-state index in [0.717, 1.165) is 15.6 Å². The highest BCUT2D eigenvalue weighted by Gasteiger charge is 2.21. The summed E-state index contributed by atoms with van der Waals surface area (Å²) >= 11 is 0. The summed E-state index contributed by atoms with van der Waals surface area (Å²) in [5, 5.41) is 2.94. The number of amides is 1. The van der Waals surface area contributed by atoms with Gasteiger partial charge >= 0.3 is 0 Å². The number of sulfonamides is 1. The molecule has 1 atom stereocenters. The van der Waals surface area contributed by atoms with Crippen molar-refractivity contribution in [2.24, 2.45) is 0 Å². The normalized spacial score (nSPS) is 12.8. The number of rotatable bonds is 8. The van der Waals surface area contributed by atoms with Crippen molar-refractivity contribution in [2.45, 2.75) is 17.9 Å². The number of hydrogen-bond acceptors (Lipinski definition) is 5. The third-order valence-electron chi connectivity index (χ3n) is 4.81. The van der Waals surface area contributed by atoms with Gasteiger partial charge in [-0.05, 0) is 56.4 Å². The van der Waals surface area contributed by atoms with Gasteiger partial charge < -0.3 is 15.0 Å². The van der Waals surface area contributed by atoms with Crippen LogP contribution in [0.4, 0.5) is 0 Å². The highest BCUT2D eigenvalue weighted by Crippen LogP contribution is 2.22. The summed E-state index contributed by atoms with van der Waals surface area (Å²) in [6.07, 6.45) is 0. The summed E-state index contributed by atoms with van der Waals surface area (Å²) in [7, 11) is 4.82. The summed E-state index contributed by atoms with van der Waals surface area (Å²) in [4.78, 5) is 14.9. The summed E-state index contributed by atoms with van der Waals surface area (Å²) in [5.41, 5.74) is 2.10. The lowest BCUT2D eigenvalue weighted by atomic mass is 10.0. The molecule has 8 heteroatoms. The van der Waals surface area contributed by atoms with Crippen molar-refractivity contribution in [3.63, 3.8) is 0 Å². The van der Waals surface area contributed by atoms with Crippen molar-refractivity contribution in [3.8, 4) is 5.75 Å². The largest absolute Gasteiger partial charge is 0.497 e. The number of aryl methyl sites for hydroxylation is 1. The molecule has 0 aliphatic heterocycles. The predicted octanol–water partition coefficient (Wildman–Crippen LogP) is 2.29. The highest BCUT2D eigenvalue weighted by molar-refractivity contribution is 7.89. The average molecular weight is 420 g/mol. The lowest BCUT2D eigenvalue weighted by molar-refractivity contribution is 0.0941. The van der Waals surface area contributed by atoms with E-state index in [-0.39, 0.29) is 16.8 Å². The standard InChI is InChI=1S/C21H29N3O4S/c1-15-7-12-18(29(26,27)24(4)5)13-19(15)21(25)22-14-20(23(2)3)16-8-10-17(28-6)11-9-16/h7-13,20H,14H2,1-6H3,(H,22,25)/t20-/m0/s1. The van der Waals surface area contributed by atoms with Crippen molar-refractivity contribution in [1.29, 1.82) is 0 Å². The smallest absolute Gasteiger partial charge is 0.251 e. The topological polar surface area (TPSA) is 78.9 Å². The number of carbonyl (C=O) groups excluding carboxylic acids is 1. The van der Waals surface area contributed by atoms with Crippen LogP contribution in [0.15, 0.2) is 47.4 Å². The van der Waals surface area contributed by atoms with Crippen LogP contribution in [-0.4, -0.2) is 65.4 Å². The molecule has 158 valence electrons. The van der Waals surface area contributed by atoms with Crippen LogP contribution in [0.3, 0.4) is 0 Å². The molecular weight excluding hydrogens is 390 g/mol. The number of likely N-dealkylation sites (N-methyl/N-ethyl adjacent to an activating group) is 1. The Morgan fingerprint density at radius 1 is 1.07 bits per heavy atom. The molecule has 29 heavy (non-hydrogen) atoms. The predicted molar refractivity (Wildman–Crippen MR) is 114 cm³/mol. The van der Waals surface area contributed by atoms with E-state index in [1.165, 1.54) is 26.2 Å². The number of hydrogen-bond donors (Lipinski definition) is 1. The maximum absolute atomic E-state index is 12.8. The molecule has 0 spiro atoms. The van der Waals surface area contributed by atoms with E-state index >= 15 is 0 Å². The molecule has 2 aromatic carbocycles. The molecule has 2 rings (SSSR count). The Labute approximate surface area is 173 Å². The van der Waals surface area contributed by atoms with E-state index in [2.05, 4.69) is 5.32 Å². The van der Waals surface area contributed by atoms with E-state index in [4.69, 9.17) is 4.74 Å². The molecule has 0 unspecified atom stereocenters. The van der Waals surface area contributed by atoms with Crippen molar-refractivity contribution in [2.75, 3.05) is 41.8 Å². The van der Waals surface area contributed by atoms with Gasteiger partial charge in [0.25, 0.3) is 5.91 Å². The molecule has 0 aliphatic rings. The lowest BCUT2D eigenvalue weighted by Gasteiger charge is -2.25. The van der Waals surface area contributed by atoms with Gasteiger partial charge in [-0.25, -0.2) is 12.7 Å². The van der Waals surface area contributed by atoms with Crippen LogP contribution in [0, 0.1) is 6.92 Å². The second kappa shape index (κ2) is 9.39. The van der Waals surface area contributed by atoms with Gasteiger partial charge in [-0.2, -0.15) is 0 Å². The molecule has 0 fully saturated rings. The minimum atomic E-state index is -3.61. The van der Waals surface area contributed by atoms with Crippen LogP contribution in [0.25, 0.3) is 0 Å². The number of ether oxygens (including phenoxy) is 1. The number of methoxy groups -OCH3 is 1. The van der Waals surface area contributed by atoms with Crippen molar-refractivity contribution < 1.29 is 17.9 Å². The molecule has 0 radical (unpaired) electrons. The monoisotopic (exact) mass is 419 g/mol. The van der Waals surface area contributed by atoms with Gasteiger partial charge in [0.05, 0.1) is 18.0 Å². The Bertz CT molecular complexity index is 954. The maximum atomic E-state index is 12.8. The van der Waals surface area contributed by atoms with Crippen LogP contribution in [-0.2, 0) is 10.0 Å². The van der Waals surface area contributed by atoms with Gasteiger partial charge in [0.2, 0.25) is 10.0 Å². The summed E-state index contributed by atoms with van der Waals surface area (Å²) < 4.78 is 31.1. The molecule has 0 aromatic heterocycles. The van der Waals surface area contributed by atoms with Crippen LogP contribution >= 0.6 is 0 Å².